The van der Waals surface area contributed by atoms with Crippen LogP contribution in [0.15, 0.2) is 24.3 Å². The number of carbonyl (C=O) groups is 2. The lowest BCUT2D eigenvalue weighted by molar-refractivity contribution is -0.146. The Morgan fingerprint density at radius 2 is 1.96 bits per heavy atom. The van der Waals surface area contributed by atoms with Crippen molar-refractivity contribution in [2.75, 3.05) is 6.61 Å². The maximum absolute atomic E-state index is 12.3. The highest BCUT2D eigenvalue weighted by molar-refractivity contribution is 5.84. The Morgan fingerprint density at radius 3 is 2.62 bits per heavy atom. The minimum absolute atomic E-state index is 0.00150. The summed E-state index contributed by atoms with van der Waals surface area (Å²) in [7, 11) is 0. The van der Waals surface area contributed by atoms with Crippen LogP contribution in [-0.2, 0) is 9.59 Å². The molecule has 0 spiro atoms. The number of aliphatic carboxylic acids is 1. The molecule has 148 valence electrons. The highest BCUT2D eigenvalue weighted by atomic mass is 16.4. The number of Topliss-reactive ketones (excluding diaryl/α,β-unsaturated/α-hetero) is 1. The molecule has 0 heterocycles. The Balaban J connectivity index is 2.50. The van der Waals surface area contributed by atoms with E-state index in [-0.39, 0.29) is 36.6 Å². The first-order valence-corrected chi connectivity index (χ1v) is 9.87. The summed E-state index contributed by atoms with van der Waals surface area (Å²) < 4.78 is 0. The molecule has 1 fully saturated rings. The minimum Gasteiger partial charge on any atom is -0.479 e. The molecule has 0 saturated heterocycles. The number of allylic oxidation sites excluding steroid dienone is 4. The second-order valence-electron chi connectivity index (χ2n) is 7.21. The first-order chi connectivity index (χ1) is 12.5. The summed E-state index contributed by atoms with van der Waals surface area (Å²) in [6.07, 6.45) is 14.2. The van der Waals surface area contributed by atoms with Gasteiger partial charge in [0.25, 0.3) is 0 Å². The molecule has 0 radical (unpaired) electrons. The summed E-state index contributed by atoms with van der Waals surface area (Å²) in [6.45, 7) is 2.22. The minimum atomic E-state index is -1.34. The van der Waals surface area contributed by atoms with Gasteiger partial charge in [0, 0.05) is 18.9 Å². The first kappa shape index (κ1) is 22.6. The zero-order valence-corrected chi connectivity index (χ0v) is 15.8. The van der Waals surface area contributed by atoms with Crippen molar-refractivity contribution in [3.63, 3.8) is 0 Å². The summed E-state index contributed by atoms with van der Waals surface area (Å²) in [5.74, 6) is -1.05. The summed E-state index contributed by atoms with van der Waals surface area (Å²) >= 11 is 0. The second-order valence-corrected chi connectivity index (χ2v) is 7.21. The monoisotopic (exact) mass is 366 g/mol. The zero-order valence-electron chi connectivity index (χ0n) is 15.8. The third-order valence-corrected chi connectivity index (χ3v) is 5.15. The smallest absolute Gasteiger partial charge is 0.332 e. The van der Waals surface area contributed by atoms with E-state index in [9.17, 15) is 19.8 Å². The van der Waals surface area contributed by atoms with Crippen LogP contribution < -0.4 is 0 Å². The Morgan fingerprint density at radius 1 is 1.19 bits per heavy atom. The van der Waals surface area contributed by atoms with Crippen LogP contribution in [0.4, 0.5) is 0 Å². The third-order valence-electron chi connectivity index (χ3n) is 5.15. The fourth-order valence-electron chi connectivity index (χ4n) is 3.54. The summed E-state index contributed by atoms with van der Waals surface area (Å²) in [6, 6.07) is 0. The Kier molecular flexibility index (Phi) is 11.1. The van der Waals surface area contributed by atoms with Crippen LogP contribution in [0.3, 0.4) is 0 Å². The average Bonchev–Trinajstić information content (AvgIpc) is 2.92. The highest BCUT2D eigenvalue weighted by Gasteiger charge is 2.39. The van der Waals surface area contributed by atoms with Gasteiger partial charge < -0.3 is 15.3 Å². The van der Waals surface area contributed by atoms with Crippen molar-refractivity contribution in [3.05, 3.63) is 24.3 Å². The Labute approximate surface area is 156 Å². The number of carbonyl (C=O) groups excluding carboxylic acids is 1. The lowest BCUT2D eigenvalue weighted by atomic mass is 9.86. The van der Waals surface area contributed by atoms with Crippen molar-refractivity contribution in [3.8, 4) is 0 Å². The number of aliphatic hydroxyl groups is 2. The van der Waals surface area contributed by atoms with Crippen molar-refractivity contribution < 1.29 is 24.9 Å². The second kappa shape index (κ2) is 12.8. The molecule has 1 unspecified atom stereocenters. The topological polar surface area (TPSA) is 94.8 Å². The van der Waals surface area contributed by atoms with Crippen LogP contribution in [0.25, 0.3) is 0 Å². The van der Waals surface area contributed by atoms with E-state index in [0.717, 1.165) is 12.8 Å². The predicted molar refractivity (Wildman–Crippen MR) is 102 cm³/mol. The van der Waals surface area contributed by atoms with Crippen molar-refractivity contribution in [2.45, 2.75) is 70.8 Å². The normalized spacial score (nSPS) is 24.7. The molecule has 26 heavy (non-hydrogen) atoms. The SMILES string of the molecule is CCCCCC/C=C/[C@H]1[C@H](CO)CC(=O)[C@@H]1C/C=C\CCC(O)C(=O)O. The average molecular weight is 366 g/mol. The van der Waals surface area contributed by atoms with E-state index in [1.165, 1.54) is 19.3 Å². The maximum atomic E-state index is 12.3. The van der Waals surface area contributed by atoms with Crippen LogP contribution in [0, 0.1) is 17.8 Å². The lowest BCUT2D eigenvalue weighted by Crippen LogP contribution is -2.18. The Bertz CT molecular complexity index is 483. The van der Waals surface area contributed by atoms with Gasteiger partial charge in [-0.05, 0) is 43.9 Å². The van der Waals surface area contributed by atoms with Gasteiger partial charge in [0.15, 0.2) is 6.10 Å². The van der Waals surface area contributed by atoms with E-state index in [4.69, 9.17) is 5.11 Å². The van der Waals surface area contributed by atoms with Crippen LogP contribution in [0.2, 0.25) is 0 Å². The fraction of sp³-hybridized carbons (Fsp3) is 0.714. The molecule has 0 aromatic heterocycles. The number of carboxylic acid groups (broad SMARTS) is 1. The van der Waals surface area contributed by atoms with Crippen molar-refractivity contribution in [2.24, 2.45) is 17.8 Å². The number of rotatable bonds is 13. The van der Waals surface area contributed by atoms with Gasteiger partial charge in [-0.15, -0.1) is 0 Å². The van der Waals surface area contributed by atoms with E-state index in [1.54, 1.807) is 0 Å². The summed E-state index contributed by atoms with van der Waals surface area (Å²) in [5.41, 5.74) is 0. The van der Waals surface area contributed by atoms with Gasteiger partial charge >= 0.3 is 5.97 Å². The largest absolute Gasteiger partial charge is 0.479 e. The van der Waals surface area contributed by atoms with E-state index in [2.05, 4.69) is 19.1 Å². The molecule has 1 aliphatic rings. The molecule has 5 nitrogen and oxygen atoms in total. The first-order valence-electron chi connectivity index (χ1n) is 9.87. The van der Waals surface area contributed by atoms with Gasteiger partial charge in [0.2, 0.25) is 0 Å². The number of aliphatic hydroxyl groups excluding tert-OH is 2. The highest BCUT2D eigenvalue weighted by Crippen LogP contribution is 2.37. The van der Waals surface area contributed by atoms with Gasteiger partial charge in [-0.3, -0.25) is 4.79 Å². The third kappa shape index (κ3) is 7.83. The number of ketones is 1. The molecule has 0 bridgehead atoms. The van der Waals surface area contributed by atoms with Gasteiger partial charge in [0.05, 0.1) is 0 Å². The number of hydrogen-bond donors (Lipinski definition) is 3. The molecule has 0 aliphatic heterocycles. The van der Waals surface area contributed by atoms with Crippen molar-refractivity contribution in [1.82, 2.24) is 0 Å². The molecule has 1 rings (SSSR count). The van der Waals surface area contributed by atoms with E-state index < -0.39 is 12.1 Å². The van der Waals surface area contributed by atoms with Gasteiger partial charge in [0.1, 0.15) is 5.78 Å². The molecular weight excluding hydrogens is 332 g/mol. The van der Waals surface area contributed by atoms with Gasteiger partial charge in [-0.1, -0.05) is 50.5 Å². The van der Waals surface area contributed by atoms with E-state index in [0.29, 0.717) is 19.3 Å². The number of hydrogen-bond acceptors (Lipinski definition) is 4. The molecule has 1 saturated carbocycles. The van der Waals surface area contributed by atoms with E-state index >= 15 is 0 Å². The molecule has 1 aliphatic carbocycles. The maximum Gasteiger partial charge on any atom is 0.332 e. The summed E-state index contributed by atoms with van der Waals surface area (Å²) in [5, 5.41) is 27.5. The van der Waals surface area contributed by atoms with E-state index in [1.807, 2.05) is 12.2 Å². The zero-order chi connectivity index (χ0) is 19.4. The van der Waals surface area contributed by atoms with Crippen LogP contribution in [0.1, 0.15) is 64.7 Å². The molecule has 0 aromatic rings. The van der Waals surface area contributed by atoms with Crippen molar-refractivity contribution >= 4 is 11.8 Å². The molecule has 3 N–H and O–H groups in total. The predicted octanol–water partition coefficient (Wildman–Crippen LogP) is 3.50. The quantitative estimate of drug-likeness (QED) is 0.342. The lowest BCUT2D eigenvalue weighted by Gasteiger charge is -2.18. The van der Waals surface area contributed by atoms with Crippen LogP contribution in [-0.4, -0.2) is 39.8 Å². The standard InChI is InChI=1S/C21H34O5/c1-2-3-4-5-6-8-11-17-16(15-22)14-20(24)18(17)12-9-7-10-13-19(23)21(25)26/h7-9,11,16-19,22-23H,2-6,10,12-15H2,1H3,(H,25,26)/b9-7-,11-8+/t16-,17-,18+,19?/m0/s1. The fourth-order valence-corrected chi connectivity index (χ4v) is 3.54. The number of unbranched alkanes of at least 4 members (excludes halogenated alkanes) is 4. The van der Waals surface area contributed by atoms with Crippen LogP contribution >= 0.6 is 0 Å². The number of carboxylic acids is 1. The molecule has 4 atom stereocenters. The molecular formula is C21H34O5. The van der Waals surface area contributed by atoms with Crippen LogP contribution in [0.5, 0.6) is 0 Å². The van der Waals surface area contributed by atoms with Gasteiger partial charge in [-0.25, -0.2) is 4.79 Å². The molecule has 0 amide bonds. The van der Waals surface area contributed by atoms with Gasteiger partial charge in [-0.2, -0.15) is 0 Å². The van der Waals surface area contributed by atoms with Crippen molar-refractivity contribution in [1.29, 1.82) is 0 Å². The molecule has 5 heteroatoms. The molecule has 0 aromatic carbocycles. The Hall–Kier alpha value is -1.46. The summed E-state index contributed by atoms with van der Waals surface area (Å²) in [4.78, 5) is 22.9.